The van der Waals surface area contributed by atoms with E-state index >= 15 is 0 Å². The molecule has 1 aliphatic rings. The van der Waals surface area contributed by atoms with E-state index in [1.54, 1.807) is 0 Å². The first-order valence-electron chi connectivity index (χ1n) is 5.07. The van der Waals surface area contributed by atoms with E-state index in [4.69, 9.17) is 14.6 Å². The summed E-state index contributed by atoms with van der Waals surface area (Å²) in [5.41, 5.74) is 0. The van der Waals surface area contributed by atoms with Crippen molar-refractivity contribution in [2.75, 3.05) is 13.2 Å². The molecule has 1 heterocycles. The Kier molecular flexibility index (Phi) is 4.16. The summed E-state index contributed by atoms with van der Waals surface area (Å²) in [6.07, 6.45) is 0.900. The van der Waals surface area contributed by atoms with Crippen molar-refractivity contribution in [3.63, 3.8) is 0 Å². The Bertz CT molecular complexity index is 149. The van der Waals surface area contributed by atoms with E-state index in [2.05, 4.69) is 20.8 Å². The van der Waals surface area contributed by atoms with E-state index in [1.807, 2.05) is 0 Å². The predicted molar refractivity (Wildman–Crippen MR) is 50.3 cm³/mol. The second-order valence-electron chi connectivity index (χ2n) is 3.89. The summed E-state index contributed by atoms with van der Waals surface area (Å²) >= 11 is 0. The molecule has 4 unspecified atom stereocenters. The Morgan fingerprint density at radius 3 is 2.62 bits per heavy atom. The molecule has 78 valence electrons. The minimum Gasteiger partial charge on any atom is -0.394 e. The molecular weight excluding hydrogens is 168 g/mol. The molecule has 0 radical (unpaired) electrons. The summed E-state index contributed by atoms with van der Waals surface area (Å²) in [5.74, 6) is 1.00. The van der Waals surface area contributed by atoms with Crippen LogP contribution in [-0.4, -0.2) is 30.7 Å². The van der Waals surface area contributed by atoms with Crippen molar-refractivity contribution in [2.24, 2.45) is 11.8 Å². The number of hydrogen-bond donors (Lipinski definition) is 1. The van der Waals surface area contributed by atoms with Gasteiger partial charge < -0.3 is 14.6 Å². The molecule has 1 N–H and O–H groups in total. The van der Waals surface area contributed by atoms with E-state index in [1.165, 1.54) is 0 Å². The van der Waals surface area contributed by atoms with Gasteiger partial charge in [-0.2, -0.15) is 0 Å². The van der Waals surface area contributed by atoms with Gasteiger partial charge in [0.05, 0.1) is 13.2 Å². The standard InChI is InChI=1S/C10H20O3/c1-4-7(2)8(3)10-12-6-9(5-11)13-10/h7-11H,4-6H2,1-3H3. The largest absolute Gasteiger partial charge is 0.394 e. The molecule has 1 aliphatic heterocycles. The molecule has 1 rings (SSSR count). The number of aliphatic hydroxyl groups excluding tert-OH is 1. The smallest absolute Gasteiger partial charge is 0.161 e. The van der Waals surface area contributed by atoms with Gasteiger partial charge in [-0.25, -0.2) is 0 Å². The lowest BCUT2D eigenvalue weighted by Gasteiger charge is -2.23. The zero-order valence-corrected chi connectivity index (χ0v) is 8.69. The van der Waals surface area contributed by atoms with E-state index in [9.17, 15) is 0 Å². The van der Waals surface area contributed by atoms with E-state index in [-0.39, 0.29) is 19.0 Å². The van der Waals surface area contributed by atoms with Crippen LogP contribution in [0.2, 0.25) is 0 Å². The van der Waals surface area contributed by atoms with Crippen molar-refractivity contribution in [1.29, 1.82) is 0 Å². The van der Waals surface area contributed by atoms with Gasteiger partial charge in [-0.1, -0.05) is 27.2 Å². The van der Waals surface area contributed by atoms with Crippen LogP contribution >= 0.6 is 0 Å². The molecule has 3 nitrogen and oxygen atoms in total. The topological polar surface area (TPSA) is 38.7 Å². The molecule has 0 aliphatic carbocycles. The highest BCUT2D eigenvalue weighted by Gasteiger charge is 2.31. The Morgan fingerprint density at radius 1 is 1.46 bits per heavy atom. The zero-order chi connectivity index (χ0) is 9.84. The fourth-order valence-corrected chi connectivity index (χ4v) is 1.48. The number of ether oxygens (including phenoxy) is 2. The van der Waals surface area contributed by atoms with Crippen molar-refractivity contribution >= 4 is 0 Å². The van der Waals surface area contributed by atoms with Gasteiger partial charge in [0, 0.05) is 5.92 Å². The Morgan fingerprint density at radius 2 is 2.15 bits per heavy atom. The lowest BCUT2D eigenvalue weighted by Crippen LogP contribution is -2.26. The summed E-state index contributed by atoms with van der Waals surface area (Å²) in [7, 11) is 0. The fourth-order valence-electron chi connectivity index (χ4n) is 1.48. The normalized spacial score (nSPS) is 33.2. The molecule has 0 saturated carbocycles. The van der Waals surface area contributed by atoms with Gasteiger partial charge in [-0.05, 0) is 5.92 Å². The molecule has 1 fully saturated rings. The van der Waals surface area contributed by atoms with Gasteiger partial charge in [0.1, 0.15) is 6.10 Å². The second-order valence-corrected chi connectivity index (χ2v) is 3.89. The SMILES string of the molecule is CCC(C)C(C)C1OCC(CO)O1. The average molecular weight is 188 g/mol. The minimum atomic E-state index is -0.118. The van der Waals surface area contributed by atoms with Gasteiger partial charge in [-0.15, -0.1) is 0 Å². The van der Waals surface area contributed by atoms with Crippen molar-refractivity contribution in [3.8, 4) is 0 Å². The third-order valence-corrected chi connectivity index (χ3v) is 2.95. The lowest BCUT2D eigenvalue weighted by molar-refractivity contribution is -0.109. The van der Waals surface area contributed by atoms with Crippen LogP contribution in [0.3, 0.4) is 0 Å². The van der Waals surface area contributed by atoms with Crippen LogP contribution in [0.25, 0.3) is 0 Å². The number of aliphatic hydroxyl groups is 1. The highest BCUT2D eigenvalue weighted by atomic mass is 16.7. The zero-order valence-electron chi connectivity index (χ0n) is 8.69. The highest BCUT2D eigenvalue weighted by molar-refractivity contribution is 4.71. The van der Waals surface area contributed by atoms with Crippen LogP contribution in [-0.2, 0) is 9.47 Å². The van der Waals surface area contributed by atoms with Crippen LogP contribution in [0.4, 0.5) is 0 Å². The average Bonchev–Trinajstić information content (AvgIpc) is 2.63. The predicted octanol–water partition coefficient (Wildman–Crippen LogP) is 1.40. The molecular formula is C10H20O3. The summed E-state index contributed by atoms with van der Waals surface area (Å²) in [6.45, 7) is 7.09. The highest BCUT2D eigenvalue weighted by Crippen LogP contribution is 2.26. The van der Waals surface area contributed by atoms with Crippen LogP contribution in [0.15, 0.2) is 0 Å². The maximum Gasteiger partial charge on any atom is 0.161 e. The van der Waals surface area contributed by atoms with Gasteiger partial charge in [0.2, 0.25) is 0 Å². The number of hydrogen-bond acceptors (Lipinski definition) is 3. The fraction of sp³-hybridized carbons (Fsp3) is 1.00. The first-order valence-corrected chi connectivity index (χ1v) is 5.07. The molecule has 0 aromatic carbocycles. The van der Waals surface area contributed by atoms with Crippen LogP contribution < -0.4 is 0 Å². The Hall–Kier alpha value is -0.120. The Balaban J connectivity index is 2.36. The molecule has 0 aromatic rings. The first-order chi connectivity index (χ1) is 6.19. The van der Waals surface area contributed by atoms with Gasteiger partial charge in [-0.3, -0.25) is 0 Å². The molecule has 0 bridgehead atoms. The van der Waals surface area contributed by atoms with Crippen LogP contribution in [0.1, 0.15) is 27.2 Å². The van der Waals surface area contributed by atoms with E-state index in [0.717, 1.165) is 6.42 Å². The number of rotatable bonds is 4. The molecule has 3 heteroatoms. The summed E-state index contributed by atoms with van der Waals surface area (Å²) in [5, 5.41) is 8.86. The van der Waals surface area contributed by atoms with Gasteiger partial charge in [0.15, 0.2) is 6.29 Å². The second kappa shape index (κ2) is 4.94. The lowest BCUT2D eigenvalue weighted by atomic mass is 9.93. The minimum absolute atomic E-state index is 0.0593. The van der Waals surface area contributed by atoms with E-state index in [0.29, 0.717) is 18.4 Å². The third-order valence-electron chi connectivity index (χ3n) is 2.95. The van der Waals surface area contributed by atoms with Crippen LogP contribution in [0, 0.1) is 11.8 Å². The first kappa shape index (κ1) is 11.0. The molecule has 0 aromatic heterocycles. The quantitative estimate of drug-likeness (QED) is 0.724. The molecule has 1 saturated heterocycles. The van der Waals surface area contributed by atoms with Gasteiger partial charge >= 0.3 is 0 Å². The summed E-state index contributed by atoms with van der Waals surface area (Å²) < 4.78 is 11.0. The van der Waals surface area contributed by atoms with Crippen molar-refractivity contribution < 1.29 is 14.6 Å². The van der Waals surface area contributed by atoms with Crippen molar-refractivity contribution in [2.45, 2.75) is 39.6 Å². The maximum atomic E-state index is 8.86. The van der Waals surface area contributed by atoms with Gasteiger partial charge in [0.25, 0.3) is 0 Å². The van der Waals surface area contributed by atoms with Crippen molar-refractivity contribution in [1.82, 2.24) is 0 Å². The van der Waals surface area contributed by atoms with Crippen molar-refractivity contribution in [3.05, 3.63) is 0 Å². The third kappa shape index (κ3) is 2.66. The monoisotopic (exact) mass is 188 g/mol. The van der Waals surface area contributed by atoms with Crippen LogP contribution in [0.5, 0.6) is 0 Å². The summed E-state index contributed by atoms with van der Waals surface area (Å²) in [4.78, 5) is 0. The Labute approximate surface area is 80.0 Å². The maximum absolute atomic E-state index is 8.86. The molecule has 4 atom stereocenters. The molecule has 0 amide bonds. The molecule has 0 spiro atoms. The summed E-state index contributed by atoms with van der Waals surface area (Å²) in [6, 6.07) is 0. The van der Waals surface area contributed by atoms with E-state index < -0.39 is 0 Å². The molecule has 13 heavy (non-hydrogen) atoms.